The second kappa shape index (κ2) is 7.72. The van der Waals surface area contributed by atoms with Gasteiger partial charge in [-0.15, -0.1) is 0 Å². The van der Waals surface area contributed by atoms with Gasteiger partial charge in [0.25, 0.3) is 0 Å². The normalized spacial score (nSPS) is 22.1. The van der Waals surface area contributed by atoms with Gasteiger partial charge in [0, 0.05) is 49.1 Å². The molecule has 0 saturated carbocycles. The number of guanidine groups is 1. The van der Waals surface area contributed by atoms with E-state index in [2.05, 4.69) is 60.9 Å². The average molecular weight is 417 g/mol. The molecule has 160 valence electrons. The van der Waals surface area contributed by atoms with Gasteiger partial charge in [-0.1, -0.05) is 18.2 Å². The van der Waals surface area contributed by atoms with Crippen molar-refractivity contribution < 1.29 is 0 Å². The Bertz CT molecular complexity index is 1160. The molecule has 5 N–H and O–H groups in total. The molecule has 3 heterocycles. The molecule has 1 atom stereocenters. The number of anilines is 2. The fraction of sp³-hybridized carbons (Fsp3) is 0.304. The molecule has 31 heavy (non-hydrogen) atoms. The van der Waals surface area contributed by atoms with E-state index in [0.717, 1.165) is 53.9 Å². The van der Waals surface area contributed by atoms with Crippen LogP contribution in [0.4, 0.5) is 11.4 Å². The number of aliphatic imine (C=N–C) groups is 1. The highest BCUT2D eigenvalue weighted by molar-refractivity contribution is 5.96. The molecule has 2 aliphatic heterocycles. The van der Waals surface area contributed by atoms with Crippen LogP contribution >= 0.6 is 0 Å². The van der Waals surface area contributed by atoms with E-state index >= 15 is 0 Å². The number of aromatic nitrogens is 2. The number of hydrogen-bond acceptors (Lipinski definition) is 7. The van der Waals surface area contributed by atoms with Crippen molar-refractivity contribution in [3.63, 3.8) is 0 Å². The van der Waals surface area contributed by atoms with Crippen LogP contribution in [0.15, 0.2) is 65.4 Å². The highest BCUT2D eigenvalue weighted by atomic mass is 15.3. The standard InChI is InChI=1S/C23H28N8/c1-16-14-25-22(28-23(16,24)18-7-6-17-15-26-29-21(17)12-18)27-19-4-3-5-20(13-19)31-10-8-30(2)9-11-31/h3-7,12-15H,8-11,24H2,1-2H3,(H,26,29)(H2,25,27,28). The predicted molar refractivity (Wildman–Crippen MR) is 126 cm³/mol. The number of piperazine rings is 1. The Kier molecular flexibility index (Phi) is 4.88. The molecular formula is C23H28N8. The molecule has 8 nitrogen and oxygen atoms in total. The quantitative estimate of drug-likeness (QED) is 0.524. The van der Waals surface area contributed by atoms with Gasteiger partial charge >= 0.3 is 0 Å². The second-order valence-corrected chi connectivity index (χ2v) is 8.36. The molecule has 1 unspecified atom stereocenters. The monoisotopic (exact) mass is 416 g/mol. The summed E-state index contributed by atoms with van der Waals surface area (Å²) in [6.07, 6.45) is 3.63. The van der Waals surface area contributed by atoms with Crippen molar-refractivity contribution in [3.8, 4) is 0 Å². The van der Waals surface area contributed by atoms with Gasteiger partial charge in [0.1, 0.15) is 5.66 Å². The lowest BCUT2D eigenvalue weighted by Gasteiger charge is -2.36. The number of fused-ring (bicyclic) bond motifs is 1. The summed E-state index contributed by atoms with van der Waals surface area (Å²) in [4.78, 5) is 9.31. The Hall–Kier alpha value is -3.36. The van der Waals surface area contributed by atoms with Crippen molar-refractivity contribution in [3.05, 3.63) is 66.0 Å². The lowest BCUT2D eigenvalue weighted by atomic mass is 9.92. The summed E-state index contributed by atoms with van der Waals surface area (Å²) in [6.45, 7) is 6.20. The van der Waals surface area contributed by atoms with Crippen molar-refractivity contribution in [2.75, 3.05) is 43.4 Å². The van der Waals surface area contributed by atoms with Crippen molar-refractivity contribution in [1.82, 2.24) is 20.4 Å². The fourth-order valence-corrected chi connectivity index (χ4v) is 4.11. The van der Waals surface area contributed by atoms with Crippen molar-refractivity contribution in [1.29, 1.82) is 0 Å². The van der Waals surface area contributed by atoms with Gasteiger partial charge in [0.15, 0.2) is 0 Å². The molecule has 1 saturated heterocycles. The number of rotatable bonds is 3. The van der Waals surface area contributed by atoms with Crippen LogP contribution in [-0.4, -0.2) is 54.3 Å². The third kappa shape index (κ3) is 3.75. The van der Waals surface area contributed by atoms with E-state index in [4.69, 9.17) is 5.73 Å². The zero-order chi connectivity index (χ0) is 21.4. The maximum atomic E-state index is 6.84. The van der Waals surface area contributed by atoms with Gasteiger partial charge in [-0.2, -0.15) is 5.10 Å². The zero-order valence-electron chi connectivity index (χ0n) is 17.9. The van der Waals surface area contributed by atoms with E-state index in [1.54, 1.807) is 6.20 Å². The zero-order valence-corrected chi connectivity index (χ0v) is 17.9. The Morgan fingerprint density at radius 1 is 1.10 bits per heavy atom. The third-order valence-electron chi connectivity index (χ3n) is 6.20. The van der Waals surface area contributed by atoms with Crippen LogP contribution in [0, 0.1) is 0 Å². The van der Waals surface area contributed by atoms with Crippen molar-refractivity contribution in [2.24, 2.45) is 10.7 Å². The third-order valence-corrected chi connectivity index (χ3v) is 6.20. The average Bonchev–Trinajstić information content (AvgIpc) is 3.25. The molecule has 0 bridgehead atoms. The van der Waals surface area contributed by atoms with Crippen LogP contribution in [0.2, 0.25) is 0 Å². The Balaban J connectivity index is 1.36. The summed E-state index contributed by atoms with van der Waals surface area (Å²) < 4.78 is 0. The fourth-order valence-electron chi connectivity index (χ4n) is 4.11. The molecular weight excluding hydrogens is 388 g/mol. The van der Waals surface area contributed by atoms with Crippen LogP contribution in [-0.2, 0) is 5.66 Å². The molecule has 1 fully saturated rings. The number of H-pyrrole nitrogens is 1. The molecule has 3 aromatic rings. The molecule has 1 aromatic heterocycles. The lowest BCUT2D eigenvalue weighted by Crippen LogP contribution is -2.57. The van der Waals surface area contributed by atoms with Crippen LogP contribution in [0.25, 0.3) is 10.9 Å². The number of benzene rings is 2. The number of nitrogens with two attached hydrogens (primary N) is 1. The molecule has 5 rings (SSSR count). The molecule has 0 aliphatic carbocycles. The van der Waals surface area contributed by atoms with E-state index in [1.807, 2.05) is 37.4 Å². The summed E-state index contributed by atoms with van der Waals surface area (Å²) in [5, 5.41) is 15.0. The van der Waals surface area contributed by atoms with E-state index in [1.165, 1.54) is 5.69 Å². The Morgan fingerprint density at radius 2 is 1.94 bits per heavy atom. The summed E-state index contributed by atoms with van der Waals surface area (Å²) >= 11 is 0. The molecule has 0 spiro atoms. The smallest absolute Gasteiger partial charge is 0.202 e. The summed E-state index contributed by atoms with van der Waals surface area (Å²) in [5.74, 6) is 0.619. The number of likely N-dealkylation sites (N-methyl/N-ethyl adjacent to an activating group) is 1. The molecule has 8 heteroatoms. The van der Waals surface area contributed by atoms with E-state index in [0.29, 0.717) is 5.96 Å². The highest BCUT2D eigenvalue weighted by Crippen LogP contribution is 2.29. The first kappa shape index (κ1) is 19.6. The molecule has 0 radical (unpaired) electrons. The van der Waals surface area contributed by atoms with E-state index in [9.17, 15) is 0 Å². The topological polar surface area (TPSA) is 97.6 Å². The largest absolute Gasteiger partial charge is 0.369 e. The first-order valence-electron chi connectivity index (χ1n) is 10.6. The Labute approximate surface area is 181 Å². The highest BCUT2D eigenvalue weighted by Gasteiger charge is 2.33. The van der Waals surface area contributed by atoms with Gasteiger partial charge < -0.3 is 26.2 Å². The van der Waals surface area contributed by atoms with Crippen LogP contribution in [0.3, 0.4) is 0 Å². The number of aromatic amines is 1. The first-order chi connectivity index (χ1) is 15.0. The van der Waals surface area contributed by atoms with Crippen LogP contribution in [0.5, 0.6) is 0 Å². The van der Waals surface area contributed by atoms with Crippen molar-refractivity contribution >= 4 is 28.2 Å². The predicted octanol–water partition coefficient (Wildman–Crippen LogP) is 2.40. The first-order valence-corrected chi connectivity index (χ1v) is 10.6. The summed E-state index contributed by atoms with van der Waals surface area (Å²) in [5.41, 5.74) is 11.0. The van der Waals surface area contributed by atoms with Crippen molar-refractivity contribution in [2.45, 2.75) is 12.6 Å². The number of hydrogen-bond donors (Lipinski definition) is 4. The van der Waals surface area contributed by atoms with Gasteiger partial charge in [-0.05, 0) is 49.4 Å². The maximum Gasteiger partial charge on any atom is 0.202 e. The van der Waals surface area contributed by atoms with Gasteiger partial charge in [-0.3, -0.25) is 5.10 Å². The SMILES string of the molecule is CC1=CN=C(Nc2cccc(N3CCN(C)CC3)c2)NC1(N)c1ccc2cn[nH]c2c1. The van der Waals surface area contributed by atoms with E-state index < -0.39 is 5.66 Å². The molecule has 2 aliphatic rings. The maximum absolute atomic E-state index is 6.84. The van der Waals surface area contributed by atoms with Gasteiger partial charge in [0.05, 0.1) is 11.7 Å². The number of nitrogens with one attached hydrogen (secondary N) is 3. The van der Waals surface area contributed by atoms with Gasteiger partial charge in [-0.25, -0.2) is 4.99 Å². The van der Waals surface area contributed by atoms with E-state index in [-0.39, 0.29) is 0 Å². The van der Waals surface area contributed by atoms with Crippen LogP contribution in [0.1, 0.15) is 12.5 Å². The minimum Gasteiger partial charge on any atom is -0.369 e. The second-order valence-electron chi connectivity index (χ2n) is 8.36. The summed E-state index contributed by atoms with van der Waals surface area (Å²) in [7, 11) is 2.17. The number of nitrogens with zero attached hydrogens (tertiary/aromatic N) is 4. The Morgan fingerprint density at radius 3 is 2.77 bits per heavy atom. The molecule has 2 aromatic carbocycles. The van der Waals surface area contributed by atoms with Gasteiger partial charge in [0.2, 0.25) is 5.96 Å². The minimum absolute atomic E-state index is 0.619. The molecule has 0 amide bonds. The van der Waals surface area contributed by atoms with Crippen LogP contribution < -0.4 is 21.3 Å². The lowest BCUT2D eigenvalue weighted by molar-refractivity contribution is 0.313. The summed E-state index contributed by atoms with van der Waals surface area (Å²) in [6, 6.07) is 14.5. The minimum atomic E-state index is -0.863.